The number of hydrazone groups is 1. The molecule has 0 radical (unpaired) electrons. The van der Waals surface area contributed by atoms with Gasteiger partial charge in [-0.15, -0.1) is 0 Å². The molecule has 1 amide bonds. The van der Waals surface area contributed by atoms with E-state index in [9.17, 15) is 24.4 Å². The van der Waals surface area contributed by atoms with Crippen molar-refractivity contribution in [2.75, 3.05) is 0 Å². The average Bonchev–Trinajstić information content (AvgIpc) is 2.50. The normalized spacial score (nSPS) is 10.7. The van der Waals surface area contributed by atoms with Gasteiger partial charge in [0.2, 0.25) is 0 Å². The van der Waals surface area contributed by atoms with Crippen molar-refractivity contribution >= 4 is 29.4 Å². The van der Waals surface area contributed by atoms with Crippen LogP contribution in [-0.4, -0.2) is 17.0 Å². The zero-order valence-corrected chi connectivity index (χ0v) is 12.1. The Labute approximate surface area is 134 Å². The SMILES string of the molecule is O=C(N/N=C\c1cc(Cl)cc([N+](=O)[O-])c1[O-])c1ccccc1F. The van der Waals surface area contributed by atoms with Gasteiger partial charge >= 0.3 is 0 Å². The second-order valence-corrected chi connectivity index (χ2v) is 4.72. The maximum Gasteiger partial charge on any atom is 0.274 e. The molecule has 0 unspecified atom stereocenters. The van der Waals surface area contributed by atoms with Crippen LogP contribution in [0.1, 0.15) is 15.9 Å². The molecule has 9 heteroatoms. The fraction of sp³-hybridized carbons (Fsp3) is 0. The smallest absolute Gasteiger partial charge is 0.274 e. The number of nitro groups is 1. The molecule has 2 rings (SSSR count). The fourth-order valence-electron chi connectivity index (χ4n) is 1.70. The Kier molecular flexibility index (Phi) is 4.87. The number of amides is 1. The van der Waals surface area contributed by atoms with Gasteiger partial charge in [-0.05, 0) is 29.5 Å². The largest absolute Gasteiger partial charge is 0.867 e. The van der Waals surface area contributed by atoms with Crippen LogP contribution in [0.4, 0.5) is 10.1 Å². The molecule has 0 fully saturated rings. The predicted octanol–water partition coefficient (Wildman–Crippen LogP) is 2.22. The van der Waals surface area contributed by atoms with Crippen LogP contribution in [0.3, 0.4) is 0 Å². The molecule has 0 saturated carbocycles. The van der Waals surface area contributed by atoms with Crippen LogP contribution in [0.2, 0.25) is 5.02 Å². The van der Waals surface area contributed by atoms with Crippen LogP contribution < -0.4 is 10.5 Å². The van der Waals surface area contributed by atoms with Crippen LogP contribution in [0.5, 0.6) is 5.75 Å². The van der Waals surface area contributed by atoms with Gasteiger partial charge < -0.3 is 5.11 Å². The van der Waals surface area contributed by atoms with E-state index in [4.69, 9.17) is 11.6 Å². The zero-order chi connectivity index (χ0) is 17.0. The van der Waals surface area contributed by atoms with Crippen molar-refractivity contribution in [2.24, 2.45) is 5.10 Å². The number of nitrogens with one attached hydrogen (secondary N) is 1. The minimum Gasteiger partial charge on any atom is -0.867 e. The fourth-order valence-corrected chi connectivity index (χ4v) is 1.92. The van der Waals surface area contributed by atoms with Gasteiger partial charge in [0.05, 0.1) is 16.7 Å². The van der Waals surface area contributed by atoms with Crippen LogP contribution in [0.25, 0.3) is 0 Å². The summed E-state index contributed by atoms with van der Waals surface area (Å²) in [4.78, 5) is 21.6. The minimum atomic E-state index is -0.900. The van der Waals surface area contributed by atoms with Crippen molar-refractivity contribution in [2.45, 2.75) is 0 Å². The van der Waals surface area contributed by atoms with E-state index in [1.807, 2.05) is 5.43 Å². The molecule has 7 nitrogen and oxygen atoms in total. The molecule has 0 bridgehead atoms. The van der Waals surface area contributed by atoms with Gasteiger partial charge in [-0.1, -0.05) is 23.7 Å². The van der Waals surface area contributed by atoms with Gasteiger partial charge in [0, 0.05) is 11.1 Å². The summed E-state index contributed by atoms with van der Waals surface area (Å²) in [6.07, 6.45) is 0.903. The van der Waals surface area contributed by atoms with Gasteiger partial charge in [0.25, 0.3) is 11.6 Å². The van der Waals surface area contributed by atoms with E-state index in [0.29, 0.717) is 0 Å². The number of carbonyl (C=O) groups is 1. The Morgan fingerprint density at radius 2 is 2.04 bits per heavy atom. The van der Waals surface area contributed by atoms with Gasteiger partial charge in [-0.25, -0.2) is 9.82 Å². The molecular weight excluding hydrogens is 329 g/mol. The lowest BCUT2D eigenvalue weighted by atomic mass is 10.2. The van der Waals surface area contributed by atoms with Crippen molar-refractivity contribution in [1.82, 2.24) is 5.43 Å². The number of rotatable bonds is 4. The first-order valence-electron chi connectivity index (χ1n) is 6.13. The summed E-state index contributed by atoms with van der Waals surface area (Å²) in [6.45, 7) is 0. The molecule has 0 heterocycles. The van der Waals surface area contributed by atoms with Gasteiger partial charge in [0.1, 0.15) is 5.82 Å². The van der Waals surface area contributed by atoms with E-state index in [1.54, 1.807) is 0 Å². The van der Waals surface area contributed by atoms with Gasteiger partial charge in [0.15, 0.2) is 0 Å². The first-order valence-corrected chi connectivity index (χ1v) is 6.51. The number of carbonyl (C=O) groups excluding carboxylic acids is 1. The van der Waals surface area contributed by atoms with E-state index < -0.39 is 28.1 Å². The highest BCUT2D eigenvalue weighted by atomic mass is 35.5. The summed E-state index contributed by atoms with van der Waals surface area (Å²) in [7, 11) is 0. The maximum absolute atomic E-state index is 13.4. The van der Waals surface area contributed by atoms with Gasteiger partial charge in [-0.2, -0.15) is 5.10 Å². The Balaban J connectivity index is 2.20. The molecule has 2 aromatic carbocycles. The number of nitro benzene ring substituents is 1. The molecule has 118 valence electrons. The number of nitrogens with zero attached hydrogens (tertiary/aromatic N) is 2. The highest BCUT2D eigenvalue weighted by Crippen LogP contribution is 2.29. The summed E-state index contributed by atoms with van der Waals surface area (Å²) in [5, 5.41) is 26.0. The minimum absolute atomic E-state index is 0.0295. The highest BCUT2D eigenvalue weighted by Gasteiger charge is 2.12. The topological polar surface area (TPSA) is 108 Å². The summed E-state index contributed by atoms with van der Waals surface area (Å²) >= 11 is 5.68. The molecule has 1 N–H and O–H groups in total. The second kappa shape index (κ2) is 6.84. The van der Waals surface area contributed by atoms with Crippen LogP contribution in [-0.2, 0) is 0 Å². The predicted molar refractivity (Wildman–Crippen MR) is 79.0 cm³/mol. The Morgan fingerprint density at radius 3 is 2.70 bits per heavy atom. The van der Waals surface area contributed by atoms with E-state index in [2.05, 4.69) is 5.10 Å². The monoisotopic (exact) mass is 336 g/mol. The van der Waals surface area contributed by atoms with Crippen LogP contribution in [0.15, 0.2) is 41.5 Å². The Bertz CT molecular complexity index is 811. The Hall–Kier alpha value is -3.00. The third-order valence-electron chi connectivity index (χ3n) is 2.75. The van der Waals surface area contributed by atoms with E-state index >= 15 is 0 Å². The van der Waals surface area contributed by atoms with Gasteiger partial charge in [-0.3, -0.25) is 14.9 Å². The Morgan fingerprint density at radius 1 is 1.35 bits per heavy atom. The van der Waals surface area contributed by atoms with E-state index in [1.165, 1.54) is 18.2 Å². The molecular formula is C14H8ClFN3O4-. The lowest BCUT2D eigenvalue weighted by molar-refractivity contribution is -0.398. The second-order valence-electron chi connectivity index (χ2n) is 4.28. The van der Waals surface area contributed by atoms with Crippen molar-refractivity contribution in [1.29, 1.82) is 0 Å². The summed E-state index contributed by atoms with van der Waals surface area (Å²) in [5.74, 6) is -2.46. The van der Waals surface area contributed by atoms with Crippen LogP contribution >= 0.6 is 11.6 Å². The highest BCUT2D eigenvalue weighted by molar-refractivity contribution is 6.31. The first-order chi connectivity index (χ1) is 10.9. The number of halogens is 2. The average molecular weight is 337 g/mol. The summed E-state index contributed by atoms with van der Waals surface area (Å²) in [5.41, 5.74) is 0.899. The summed E-state index contributed by atoms with van der Waals surface area (Å²) in [6, 6.07) is 7.33. The molecule has 0 aromatic heterocycles. The molecule has 2 aromatic rings. The molecule has 0 aliphatic rings. The van der Waals surface area contributed by atoms with Crippen molar-refractivity contribution < 1.29 is 19.2 Å². The number of hydrogen-bond donors (Lipinski definition) is 1. The standard InChI is InChI=1S/C14H9ClFN3O4/c15-9-5-8(13(20)12(6-9)19(22)23)7-17-18-14(21)10-3-1-2-4-11(10)16/h1-7,20H,(H,18,21)/p-1/b17-7-. The zero-order valence-electron chi connectivity index (χ0n) is 11.3. The molecule has 0 saturated heterocycles. The van der Waals surface area contributed by atoms with Crippen molar-refractivity contribution in [3.05, 3.63) is 68.5 Å². The van der Waals surface area contributed by atoms with E-state index in [-0.39, 0.29) is 16.1 Å². The molecule has 0 atom stereocenters. The number of hydrogen-bond acceptors (Lipinski definition) is 5. The molecule has 0 spiro atoms. The maximum atomic E-state index is 13.4. The number of benzene rings is 2. The first kappa shape index (κ1) is 16.4. The molecule has 23 heavy (non-hydrogen) atoms. The lowest BCUT2D eigenvalue weighted by Crippen LogP contribution is -2.19. The quantitative estimate of drug-likeness (QED) is 0.524. The van der Waals surface area contributed by atoms with Crippen molar-refractivity contribution in [3.8, 4) is 5.75 Å². The molecule has 0 aliphatic carbocycles. The van der Waals surface area contributed by atoms with Crippen LogP contribution in [0, 0.1) is 15.9 Å². The lowest BCUT2D eigenvalue weighted by Gasteiger charge is -2.10. The third-order valence-corrected chi connectivity index (χ3v) is 2.97. The van der Waals surface area contributed by atoms with E-state index in [0.717, 1.165) is 24.4 Å². The van der Waals surface area contributed by atoms with Crippen molar-refractivity contribution in [3.63, 3.8) is 0 Å². The molecule has 0 aliphatic heterocycles. The summed E-state index contributed by atoms with van der Waals surface area (Å²) < 4.78 is 13.4. The third kappa shape index (κ3) is 3.80.